The van der Waals surface area contributed by atoms with Crippen LogP contribution in [0.15, 0.2) is 18.2 Å². The van der Waals surface area contributed by atoms with Crippen LogP contribution >= 0.6 is 0 Å². The zero-order valence-corrected chi connectivity index (χ0v) is 9.45. The van der Waals surface area contributed by atoms with Crippen LogP contribution in [0, 0.1) is 0 Å². The minimum absolute atomic E-state index is 0.240. The molecular formula is C12H15NO3. The van der Waals surface area contributed by atoms with E-state index in [9.17, 15) is 4.79 Å². The molecule has 16 heavy (non-hydrogen) atoms. The van der Waals surface area contributed by atoms with E-state index >= 15 is 0 Å². The number of benzene rings is 1. The lowest BCUT2D eigenvalue weighted by Crippen LogP contribution is -2.20. The van der Waals surface area contributed by atoms with Crippen molar-refractivity contribution in [1.82, 2.24) is 5.32 Å². The van der Waals surface area contributed by atoms with Gasteiger partial charge >= 0.3 is 5.97 Å². The van der Waals surface area contributed by atoms with Crippen molar-refractivity contribution < 1.29 is 14.3 Å². The summed E-state index contributed by atoms with van der Waals surface area (Å²) in [5.74, 6) is 0.427. The van der Waals surface area contributed by atoms with E-state index in [4.69, 9.17) is 4.74 Å². The lowest BCUT2D eigenvalue weighted by atomic mass is 10.0. The summed E-state index contributed by atoms with van der Waals surface area (Å²) in [6.07, 6.45) is 0. The topological polar surface area (TPSA) is 47.6 Å². The van der Waals surface area contributed by atoms with Gasteiger partial charge in [0.15, 0.2) is 0 Å². The van der Waals surface area contributed by atoms with Crippen LogP contribution in [-0.2, 0) is 4.74 Å². The van der Waals surface area contributed by atoms with E-state index < -0.39 is 0 Å². The Labute approximate surface area is 94.6 Å². The maximum Gasteiger partial charge on any atom is 0.337 e. The molecule has 0 saturated heterocycles. The van der Waals surface area contributed by atoms with Crippen LogP contribution in [0.3, 0.4) is 0 Å². The molecule has 4 heteroatoms. The van der Waals surface area contributed by atoms with Gasteiger partial charge in [-0.1, -0.05) is 6.07 Å². The summed E-state index contributed by atoms with van der Waals surface area (Å²) < 4.78 is 10.3. The average molecular weight is 221 g/mol. The van der Waals surface area contributed by atoms with Crippen LogP contribution in [0.2, 0.25) is 0 Å². The zero-order chi connectivity index (χ0) is 11.5. The predicted molar refractivity (Wildman–Crippen MR) is 59.7 cm³/mol. The van der Waals surface area contributed by atoms with Gasteiger partial charge < -0.3 is 14.8 Å². The van der Waals surface area contributed by atoms with Crippen LogP contribution in [0.4, 0.5) is 0 Å². The molecular weight excluding hydrogens is 206 g/mol. The Hall–Kier alpha value is -1.55. The molecule has 0 aromatic heterocycles. The highest BCUT2D eigenvalue weighted by Gasteiger charge is 2.17. The average Bonchev–Trinajstić information content (AvgIpc) is 2.50. The standard InChI is InChI=1S/C12H15NO3/c1-8-10-4-3-9(12(14)15-2)7-11(10)16-6-5-13-8/h3-4,7-8,13H,5-6H2,1-2H3/t8-/m0/s1. The molecule has 1 atom stereocenters. The van der Waals surface area contributed by atoms with Crippen molar-refractivity contribution in [3.05, 3.63) is 29.3 Å². The van der Waals surface area contributed by atoms with Gasteiger partial charge in [-0.25, -0.2) is 4.79 Å². The summed E-state index contributed by atoms with van der Waals surface area (Å²) in [5, 5.41) is 3.32. The quantitative estimate of drug-likeness (QED) is 0.730. The van der Waals surface area contributed by atoms with E-state index in [1.54, 1.807) is 12.1 Å². The Balaban J connectivity index is 2.37. The maximum atomic E-state index is 11.4. The first-order chi connectivity index (χ1) is 7.72. The summed E-state index contributed by atoms with van der Waals surface area (Å²) >= 11 is 0. The molecule has 0 spiro atoms. The highest BCUT2D eigenvalue weighted by atomic mass is 16.5. The normalized spacial score (nSPS) is 19.2. The van der Waals surface area contributed by atoms with E-state index in [0.29, 0.717) is 12.2 Å². The van der Waals surface area contributed by atoms with E-state index in [2.05, 4.69) is 17.0 Å². The van der Waals surface area contributed by atoms with Gasteiger partial charge in [0.2, 0.25) is 0 Å². The lowest BCUT2D eigenvalue weighted by molar-refractivity contribution is 0.0600. The lowest BCUT2D eigenvalue weighted by Gasteiger charge is -2.12. The van der Waals surface area contributed by atoms with Gasteiger partial charge in [0.25, 0.3) is 0 Å². The van der Waals surface area contributed by atoms with Crippen LogP contribution in [0.1, 0.15) is 28.9 Å². The Morgan fingerprint density at radius 2 is 2.38 bits per heavy atom. The van der Waals surface area contributed by atoms with Crippen LogP contribution < -0.4 is 10.1 Å². The third-order valence-electron chi connectivity index (χ3n) is 2.71. The first-order valence-corrected chi connectivity index (χ1v) is 5.31. The predicted octanol–water partition coefficient (Wildman–Crippen LogP) is 1.52. The van der Waals surface area contributed by atoms with E-state index in [0.717, 1.165) is 17.9 Å². The zero-order valence-electron chi connectivity index (χ0n) is 9.45. The molecule has 0 radical (unpaired) electrons. The molecule has 1 aliphatic heterocycles. The van der Waals surface area contributed by atoms with E-state index in [1.807, 2.05) is 6.07 Å². The van der Waals surface area contributed by atoms with Crippen molar-refractivity contribution in [2.75, 3.05) is 20.3 Å². The minimum Gasteiger partial charge on any atom is -0.492 e. The third-order valence-corrected chi connectivity index (χ3v) is 2.71. The maximum absolute atomic E-state index is 11.4. The molecule has 1 aromatic carbocycles. The fourth-order valence-corrected chi connectivity index (χ4v) is 1.81. The number of rotatable bonds is 1. The SMILES string of the molecule is COC(=O)c1ccc2c(c1)OCCN[C@H]2C. The second-order valence-corrected chi connectivity index (χ2v) is 3.77. The monoisotopic (exact) mass is 221 g/mol. The summed E-state index contributed by atoms with van der Waals surface area (Å²) in [7, 11) is 1.37. The Bertz CT molecular complexity index is 403. The number of methoxy groups -OCH3 is 1. The molecule has 1 N–H and O–H groups in total. The number of esters is 1. The van der Waals surface area contributed by atoms with Crippen molar-refractivity contribution in [1.29, 1.82) is 0 Å². The van der Waals surface area contributed by atoms with Gasteiger partial charge in [-0.15, -0.1) is 0 Å². The molecule has 0 bridgehead atoms. The van der Waals surface area contributed by atoms with E-state index in [1.165, 1.54) is 7.11 Å². The number of carbonyl (C=O) groups excluding carboxylic acids is 1. The molecule has 1 heterocycles. The fourth-order valence-electron chi connectivity index (χ4n) is 1.81. The number of carbonyl (C=O) groups is 1. The summed E-state index contributed by atoms with van der Waals surface area (Å²) in [6, 6.07) is 5.65. The van der Waals surface area contributed by atoms with Crippen molar-refractivity contribution in [2.45, 2.75) is 13.0 Å². The summed E-state index contributed by atoms with van der Waals surface area (Å²) in [4.78, 5) is 11.4. The summed E-state index contributed by atoms with van der Waals surface area (Å²) in [5.41, 5.74) is 1.60. The van der Waals surface area contributed by atoms with Gasteiger partial charge in [0.1, 0.15) is 12.4 Å². The number of hydrogen-bond donors (Lipinski definition) is 1. The highest BCUT2D eigenvalue weighted by Crippen LogP contribution is 2.28. The smallest absolute Gasteiger partial charge is 0.337 e. The molecule has 0 fully saturated rings. The van der Waals surface area contributed by atoms with Crippen LogP contribution in [-0.4, -0.2) is 26.2 Å². The van der Waals surface area contributed by atoms with E-state index in [-0.39, 0.29) is 12.0 Å². The van der Waals surface area contributed by atoms with Crippen molar-refractivity contribution >= 4 is 5.97 Å². The van der Waals surface area contributed by atoms with Crippen LogP contribution in [0.25, 0.3) is 0 Å². The molecule has 1 aliphatic rings. The second-order valence-electron chi connectivity index (χ2n) is 3.77. The van der Waals surface area contributed by atoms with Crippen molar-refractivity contribution in [3.8, 4) is 5.75 Å². The number of nitrogens with one attached hydrogen (secondary N) is 1. The first-order valence-electron chi connectivity index (χ1n) is 5.31. The van der Waals surface area contributed by atoms with Gasteiger partial charge in [0.05, 0.1) is 12.7 Å². The molecule has 1 aromatic rings. The molecule has 4 nitrogen and oxygen atoms in total. The molecule has 86 valence electrons. The molecule has 2 rings (SSSR count). The number of fused-ring (bicyclic) bond motifs is 1. The largest absolute Gasteiger partial charge is 0.492 e. The summed E-state index contributed by atoms with van der Waals surface area (Å²) in [6.45, 7) is 3.50. The molecule has 0 saturated carbocycles. The van der Waals surface area contributed by atoms with Gasteiger partial charge in [-0.05, 0) is 19.1 Å². The molecule has 0 unspecified atom stereocenters. The Morgan fingerprint density at radius 3 is 3.12 bits per heavy atom. The molecule has 0 aliphatic carbocycles. The fraction of sp³-hybridized carbons (Fsp3) is 0.417. The molecule has 0 amide bonds. The number of hydrogen-bond acceptors (Lipinski definition) is 4. The first kappa shape index (κ1) is 11.0. The van der Waals surface area contributed by atoms with Gasteiger partial charge in [-0.2, -0.15) is 0 Å². The van der Waals surface area contributed by atoms with Gasteiger partial charge in [-0.3, -0.25) is 0 Å². The Morgan fingerprint density at radius 1 is 1.56 bits per heavy atom. The number of ether oxygens (including phenoxy) is 2. The van der Waals surface area contributed by atoms with Crippen molar-refractivity contribution in [3.63, 3.8) is 0 Å². The minimum atomic E-state index is -0.337. The second kappa shape index (κ2) is 4.53. The highest BCUT2D eigenvalue weighted by molar-refractivity contribution is 5.89. The Kier molecular flexibility index (Phi) is 3.10. The van der Waals surface area contributed by atoms with Gasteiger partial charge in [0, 0.05) is 18.2 Å². The van der Waals surface area contributed by atoms with Crippen molar-refractivity contribution in [2.24, 2.45) is 0 Å². The van der Waals surface area contributed by atoms with Crippen LogP contribution in [0.5, 0.6) is 5.75 Å². The third kappa shape index (κ3) is 2.02.